The summed E-state index contributed by atoms with van der Waals surface area (Å²) in [6.07, 6.45) is 12.1. The zero-order valence-corrected chi connectivity index (χ0v) is 12.4. The van der Waals surface area contributed by atoms with E-state index < -0.39 is 0 Å². The molecular weight excluding hydrogens is 232 g/mol. The maximum atomic E-state index is 2.90. The van der Waals surface area contributed by atoms with Crippen LogP contribution >= 0.6 is 0 Å². The molecule has 5 aliphatic rings. The summed E-state index contributed by atoms with van der Waals surface area (Å²) < 4.78 is 0. The summed E-state index contributed by atoms with van der Waals surface area (Å²) >= 11 is 0. The molecule has 3 aliphatic heterocycles. The second-order valence-corrected chi connectivity index (χ2v) is 7.83. The lowest BCUT2D eigenvalue weighted by atomic mass is 9.68. The van der Waals surface area contributed by atoms with Crippen LogP contribution in [-0.4, -0.2) is 48.6 Å². The fraction of sp³-hybridized carbons (Fsp3) is 1.00. The van der Waals surface area contributed by atoms with Crippen LogP contribution in [0.25, 0.3) is 0 Å². The lowest BCUT2D eigenvalue weighted by molar-refractivity contribution is 0.112. The highest BCUT2D eigenvalue weighted by atomic mass is 15.2. The smallest absolute Gasteiger partial charge is 0.0112 e. The molecule has 2 heteroatoms. The fourth-order valence-corrected chi connectivity index (χ4v) is 5.61. The van der Waals surface area contributed by atoms with Crippen molar-refractivity contribution < 1.29 is 0 Å². The second kappa shape index (κ2) is 5.37. The van der Waals surface area contributed by atoms with E-state index in [9.17, 15) is 0 Å². The Kier molecular flexibility index (Phi) is 3.57. The predicted molar refractivity (Wildman–Crippen MR) is 79.2 cm³/mol. The van der Waals surface area contributed by atoms with Crippen LogP contribution in [0.4, 0.5) is 0 Å². The van der Waals surface area contributed by atoms with Gasteiger partial charge in [0.2, 0.25) is 0 Å². The standard InChI is InChI=1S/C17H30N2/c1-2-4-18(5-3-1)6-7-19-13-16-9-14-8-15(10-16)12-17(19)11-14/h14-17H,1-13H2. The molecule has 2 unspecified atom stereocenters. The van der Waals surface area contributed by atoms with E-state index in [2.05, 4.69) is 9.80 Å². The summed E-state index contributed by atoms with van der Waals surface area (Å²) in [5.74, 6) is 3.25. The largest absolute Gasteiger partial charge is 0.302 e. The van der Waals surface area contributed by atoms with Crippen molar-refractivity contribution in [1.29, 1.82) is 0 Å². The van der Waals surface area contributed by atoms with Crippen molar-refractivity contribution >= 4 is 0 Å². The molecule has 5 rings (SSSR count). The molecule has 3 saturated heterocycles. The first-order valence-corrected chi connectivity index (χ1v) is 8.83. The number of likely N-dealkylation sites (tertiary alicyclic amines) is 1. The van der Waals surface area contributed by atoms with Crippen LogP contribution in [0, 0.1) is 17.8 Å². The van der Waals surface area contributed by atoms with E-state index >= 15 is 0 Å². The van der Waals surface area contributed by atoms with Crippen LogP contribution in [0.5, 0.6) is 0 Å². The van der Waals surface area contributed by atoms with E-state index in [0.29, 0.717) is 0 Å². The molecule has 0 amide bonds. The molecule has 0 aromatic rings. The fourth-order valence-electron chi connectivity index (χ4n) is 5.61. The molecule has 2 saturated carbocycles. The molecule has 2 nitrogen and oxygen atoms in total. The maximum absolute atomic E-state index is 2.90. The van der Waals surface area contributed by atoms with Gasteiger partial charge in [-0.05, 0) is 75.8 Å². The van der Waals surface area contributed by atoms with E-state index in [4.69, 9.17) is 0 Å². The van der Waals surface area contributed by atoms with Crippen molar-refractivity contribution in [2.75, 3.05) is 32.7 Å². The summed E-state index contributed by atoms with van der Waals surface area (Å²) in [5, 5.41) is 0. The van der Waals surface area contributed by atoms with Gasteiger partial charge < -0.3 is 4.90 Å². The van der Waals surface area contributed by atoms with Gasteiger partial charge in [-0.25, -0.2) is 0 Å². The molecule has 5 fully saturated rings. The molecule has 0 spiro atoms. The van der Waals surface area contributed by atoms with Crippen molar-refractivity contribution in [3.05, 3.63) is 0 Å². The summed E-state index contributed by atoms with van der Waals surface area (Å²) in [7, 11) is 0. The lowest BCUT2D eigenvalue weighted by Gasteiger charge is -2.39. The second-order valence-electron chi connectivity index (χ2n) is 7.83. The van der Waals surface area contributed by atoms with Crippen LogP contribution in [0.3, 0.4) is 0 Å². The van der Waals surface area contributed by atoms with Gasteiger partial charge in [0.05, 0.1) is 0 Å². The van der Waals surface area contributed by atoms with E-state index in [-0.39, 0.29) is 0 Å². The highest BCUT2D eigenvalue weighted by molar-refractivity contribution is 4.95. The van der Waals surface area contributed by atoms with Crippen LogP contribution < -0.4 is 0 Å². The average Bonchev–Trinajstić information content (AvgIpc) is 2.61. The molecular formula is C17H30N2. The van der Waals surface area contributed by atoms with E-state index in [1.54, 1.807) is 19.3 Å². The van der Waals surface area contributed by atoms with Crippen LogP contribution in [0.1, 0.15) is 51.4 Å². The minimum Gasteiger partial charge on any atom is -0.302 e. The van der Waals surface area contributed by atoms with Crippen LogP contribution in [-0.2, 0) is 0 Å². The molecule has 0 aromatic heterocycles. The molecule has 2 atom stereocenters. The number of fused-ring (bicyclic) bond motifs is 1. The Balaban J connectivity index is 1.35. The third kappa shape index (κ3) is 2.71. The molecule has 19 heavy (non-hydrogen) atoms. The van der Waals surface area contributed by atoms with Crippen LogP contribution in [0.15, 0.2) is 0 Å². The molecule has 0 aromatic carbocycles. The van der Waals surface area contributed by atoms with E-state index in [0.717, 1.165) is 23.8 Å². The van der Waals surface area contributed by atoms with Crippen LogP contribution in [0.2, 0.25) is 0 Å². The van der Waals surface area contributed by atoms with Crippen molar-refractivity contribution in [2.24, 2.45) is 17.8 Å². The van der Waals surface area contributed by atoms with Gasteiger partial charge in [0.25, 0.3) is 0 Å². The zero-order chi connectivity index (χ0) is 12.7. The number of rotatable bonds is 3. The molecule has 0 radical (unpaired) electrons. The van der Waals surface area contributed by atoms with Gasteiger partial charge in [-0.15, -0.1) is 0 Å². The molecule has 108 valence electrons. The highest BCUT2D eigenvalue weighted by Gasteiger charge is 2.42. The SMILES string of the molecule is C1CCN(CCN2CC3CC4CC(C3)CC2C4)CC1. The third-order valence-electron chi connectivity index (χ3n) is 6.37. The van der Waals surface area contributed by atoms with Crippen molar-refractivity contribution in [3.63, 3.8) is 0 Å². The van der Waals surface area contributed by atoms with Gasteiger partial charge in [-0.1, -0.05) is 6.42 Å². The quantitative estimate of drug-likeness (QED) is 0.771. The maximum Gasteiger partial charge on any atom is 0.0112 e. The van der Waals surface area contributed by atoms with E-state index in [1.165, 1.54) is 64.8 Å². The first kappa shape index (κ1) is 12.6. The number of hydrogen-bond donors (Lipinski definition) is 0. The molecule has 2 aliphatic carbocycles. The van der Waals surface area contributed by atoms with Gasteiger partial charge in [0.1, 0.15) is 0 Å². The van der Waals surface area contributed by atoms with Gasteiger partial charge >= 0.3 is 0 Å². The topological polar surface area (TPSA) is 6.48 Å². The van der Waals surface area contributed by atoms with Crippen molar-refractivity contribution in [2.45, 2.75) is 57.4 Å². The summed E-state index contributed by atoms with van der Waals surface area (Å²) in [4.78, 5) is 5.62. The van der Waals surface area contributed by atoms with Crippen molar-refractivity contribution in [1.82, 2.24) is 9.80 Å². The monoisotopic (exact) mass is 262 g/mol. The van der Waals surface area contributed by atoms with E-state index in [1.807, 2.05) is 0 Å². The summed E-state index contributed by atoms with van der Waals surface area (Å²) in [5.41, 5.74) is 0. The highest BCUT2D eigenvalue weighted by Crippen LogP contribution is 2.47. The normalized spacial score (nSPS) is 43.6. The van der Waals surface area contributed by atoms with Gasteiger partial charge in [0, 0.05) is 25.7 Å². The van der Waals surface area contributed by atoms with Crippen molar-refractivity contribution in [3.8, 4) is 0 Å². The predicted octanol–water partition coefficient (Wildman–Crippen LogP) is 2.98. The number of hydrogen-bond acceptors (Lipinski definition) is 2. The Morgan fingerprint density at radius 1 is 0.684 bits per heavy atom. The van der Waals surface area contributed by atoms with Gasteiger partial charge in [0.15, 0.2) is 0 Å². The lowest BCUT2D eigenvalue weighted by Crippen LogP contribution is -2.43. The Bertz CT molecular complexity index is 296. The Morgan fingerprint density at radius 2 is 1.37 bits per heavy atom. The number of nitrogens with zero attached hydrogens (tertiary/aromatic N) is 2. The Morgan fingerprint density at radius 3 is 2.11 bits per heavy atom. The average molecular weight is 262 g/mol. The molecule has 3 heterocycles. The third-order valence-corrected chi connectivity index (χ3v) is 6.37. The minimum atomic E-state index is 0.959. The first-order chi connectivity index (χ1) is 9.37. The number of piperidine rings is 1. The molecule has 4 bridgehead atoms. The zero-order valence-electron chi connectivity index (χ0n) is 12.4. The Hall–Kier alpha value is -0.0800. The minimum absolute atomic E-state index is 0.959. The van der Waals surface area contributed by atoms with Gasteiger partial charge in [-0.2, -0.15) is 0 Å². The van der Waals surface area contributed by atoms with Gasteiger partial charge in [-0.3, -0.25) is 4.90 Å². The Labute approximate surface area is 118 Å². The molecule has 0 N–H and O–H groups in total. The summed E-state index contributed by atoms with van der Waals surface area (Å²) in [6.45, 7) is 6.88. The first-order valence-electron chi connectivity index (χ1n) is 8.83. The summed E-state index contributed by atoms with van der Waals surface area (Å²) in [6, 6.07) is 0.959.